The second kappa shape index (κ2) is 7.38. The zero-order valence-corrected chi connectivity index (χ0v) is 14.2. The summed E-state index contributed by atoms with van der Waals surface area (Å²) in [6.07, 6.45) is 4.85. The Balaban J connectivity index is 0.00000289. The molecule has 1 atom stereocenters. The van der Waals surface area contributed by atoms with Crippen LogP contribution in [-0.4, -0.2) is 16.9 Å². The molecule has 4 nitrogen and oxygen atoms in total. The van der Waals surface area contributed by atoms with Crippen LogP contribution < -0.4 is 40.2 Å². The van der Waals surface area contributed by atoms with Gasteiger partial charge in [-0.05, 0) is 31.5 Å². The maximum Gasteiger partial charge on any atom is 1.00 e. The Morgan fingerprint density at radius 2 is 1.83 bits per heavy atom. The molecule has 6 heteroatoms. The molecule has 1 aliphatic rings. The standard InChI is InChI=1S/C12H18N2O2S.Na/c1-4-6-7-12(8(3)5-2)9(15)13-11(17)14-10(12)16;/h4,6,8H,5,7H2,1-3H3,(H2,13,14,15,16,17);/q;+1/b6-4+;. The molecule has 2 amide bonds. The van der Waals surface area contributed by atoms with Gasteiger partial charge < -0.3 is 10.6 Å². The molecule has 1 fully saturated rings. The number of carbonyl (C=O) groups is 2. The van der Waals surface area contributed by atoms with E-state index in [9.17, 15) is 9.59 Å². The average molecular weight is 277 g/mol. The number of thiocarbonyl (C=S) groups is 1. The summed E-state index contributed by atoms with van der Waals surface area (Å²) in [5, 5.41) is 5.20. The van der Waals surface area contributed by atoms with Gasteiger partial charge >= 0.3 is 29.6 Å². The molecular weight excluding hydrogens is 259 g/mol. The van der Waals surface area contributed by atoms with Crippen LogP contribution in [-0.2, 0) is 9.59 Å². The van der Waals surface area contributed by atoms with Gasteiger partial charge in [0.05, 0.1) is 0 Å². The molecular formula is C12H18N2NaO2S+. The zero-order valence-electron chi connectivity index (χ0n) is 11.4. The second-order valence-electron chi connectivity index (χ2n) is 4.29. The van der Waals surface area contributed by atoms with E-state index in [0.29, 0.717) is 6.42 Å². The minimum Gasteiger partial charge on any atom is -0.302 e. The Hall–Kier alpha value is -0.230. The number of hydrogen-bond donors (Lipinski definition) is 2. The summed E-state index contributed by atoms with van der Waals surface area (Å²) in [7, 11) is 0. The number of nitrogens with one attached hydrogen (secondary N) is 2. The van der Waals surface area contributed by atoms with Gasteiger partial charge in [0.15, 0.2) is 5.11 Å². The first-order valence-electron chi connectivity index (χ1n) is 5.77. The fourth-order valence-electron chi connectivity index (χ4n) is 2.05. The van der Waals surface area contributed by atoms with Crippen LogP contribution in [0.1, 0.15) is 33.6 Å². The minimum atomic E-state index is -1.04. The monoisotopic (exact) mass is 277 g/mol. The van der Waals surface area contributed by atoms with Gasteiger partial charge in [0.2, 0.25) is 11.8 Å². The molecule has 0 bridgehead atoms. The van der Waals surface area contributed by atoms with Gasteiger partial charge in [-0.3, -0.25) is 9.59 Å². The molecule has 94 valence electrons. The van der Waals surface area contributed by atoms with Gasteiger partial charge in [-0.25, -0.2) is 0 Å². The van der Waals surface area contributed by atoms with E-state index in [4.69, 9.17) is 12.2 Å². The van der Waals surface area contributed by atoms with Crippen molar-refractivity contribution in [2.45, 2.75) is 33.6 Å². The van der Waals surface area contributed by atoms with E-state index < -0.39 is 5.41 Å². The van der Waals surface area contributed by atoms with Crippen molar-refractivity contribution in [2.24, 2.45) is 11.3 Å². The molecule has 0 aliphatic carbocycles. The van der Waals surface area contributed by atoms with Crippen LogP contribution in [0.3, 0.4) is 0 Å². The van der Waals surface area contributed by atoms with E-state index in [-0.39, 0.29) is 52.4 Å². The number of rotatable bonds is 4. The number of amides is 2. The number of carbonyl (C=O) groups excluding carboxylic acids is 2. The molecule has 1 saturated heterocycles. The van der Waals surface area contributed by atoms with Gasteiger partial charge in [0.25, 0.3) is 0 Å². The van der Waals surface area contributed by atoms with E-state index in [1.54, 1.807) is 0 Å². The summed E-state index contributed by atoms with van der Waals surface area (Å²) in [5.41, 5.74) is -1.04. The van der Waals surface area contributed by atoms with E-state index in [1.807, 2.05) is 32.9 Å². The van der Waals surface area contributed by atoms with Crippen LogP contribution in [0, 0.1) is 11.3 Å². The molecule has 0 radical (unpaired) electrons. The third-order valence-electron chi connectivity index (χ3n) is 3.39. The van der Waals surface area contributed by atoms with Crippen LogP contribution in [0.4, 0.5) is 0 Å². The molecule has 0 aromatic carbocycles. The Morgan fingerprint density at radius 1 is 1.33 bits per heavy atom. The molecule has 18 heavy (non-hydrogen) atoms. The van der Waals surface area contributed by atoms with Crippen LogP contribution in [0.15, 0.2) is 12.2 Å². The summed E-state index contributed by atoms with van der Waals surface area (Å²) in [6, 6.07) is 0. The van der Waals surface area contributed by atoms with Crippen molar-refractivity contribution < 1.29 is 39.1 Å². The smallest absolute Gasteiger partial charge is 0.302 e. The van der Waals surface area contributed by atoms with Crippen molar-refractivity contribution in [3.63, 3.8) is 0 Å². The fraction of sp³-hybridized carbons (Fsp3) is 0.583. The summed E-state index contributed by atoms with van der Waals surface area (Å²) < 4.78 is 0. The van der Waals surface area contributed by atoms with Gasteiger partial charge in [0.1, 0.15) is 5.41 Å². The third kappa shape index (κ3) is 3.20. The summed E-state index contributed by atoms with van der Waals surface area (Å²) in [4.78, 5) is 24.3. The summed E-state index contributed by atoms with van der Waals surface area (Å²) in [6.45, 7) is 5.75. The Morgan fingerprint density at radius 3 is 2.22 bits per heavy atom. The topological polar surface area (TPSA) is 58.2 Å². The molecule has 1 heterocycles. The van der Waals surface area contributed by atoms with Crippen LogP contribution in [0.25, 0.3) is 0 Å². The van der Waals surface area contributed by atoms with Crippen LogP contribution in [0.5, 0.6) is 0 Å². The number of allylic oxidation sites excluding steroid dienone is 2. The van der Waals surface area contributed by atoms with Crippen molar-refractivity contribution >= 4 is 29.1 Å². The fourth-order valence-corrected chi connectivity index (χ4v) is 2.24. The predicted octanol–water partition coefficient (Wildman–Crippen LogP) is -1.48. The number of hydrogen-bond acceptors (Lipinski definition) is 3. The quantitative estimate of drug-likeness (QED) is 0.285. The van der Waals surface area contributed by atoms with Crippen molar-refractivity contribution in [1.82, 2.24) is 10.6 Å². The van der Waals surface area contributed by atoms with Crippen LogP contribution in [0.2, 0.25) is 0 Å². The molecule has 0 aromatic rings. The molecule has 0 saturated carbocycles. The summed E-state index contributed by atoms with van der Waals surface area (Å²) >= 11 is 4.82. The van der Waals surface area contributed by atoms with Gasteiger partial charge in [-0.1, -0.05) is 32.4 Å². The molecule has 1 aliphatic heterocycles. The maximum absolute atomic E-state index is 12.1. The largest absolute Gasteiger partial charge is 1.00 e. The minimum absolute atomic E-state index is 0. The van der Waals surface area contributed by atoms with E-state index in [2.05, 4.69) is 10.6 Å². The Kier molecular flexibility index (Phi) is 7.29. The van der Waals surface area contributed by atoms with E-state index in [0.717, 1.165) is 6.42 Å². The average Bonchev–Trinajstić information content (AvgIpc) is 2.27. The third-order valence-corrected chi connectivity index (χ3v) is 3.60. The molecule has 0 aromatic heterocycles. The maximum atomic E-state index is 12.1. The van der Waals surface area contributed by atoms with Gasteiger partial charge in [-0.15, -0.1) is 0 Å². The Labute approximate surface area is 135 Å². The zero-order chi connectivity index (χ0) is 13.1. The first-order chi connectivity index (χ1) is 7.98. The molecule has 1 rings (SSSR count). The molecule has 0 spiro atoms. The van der Waals surface area contributed by atoms with E-state index >= 15 is 0 Å². The Bertz CT molecular complexity index is 362. The van der Waals surface area contributed by atoms with Crippen molar-refractivity contribution in [2.75, 3.05) is 0 Å². The van der Waals surface area contributed by atoms with Crippen molar-refractivity contribution in [3.05, 3.63) is 12.2 Å². The van der Waals surface area contributed by atoms with Crippen molar-refractivity contribution in [3.8, 4) is 0 Å². The predicted molar refractivity (Wildman–Crippen MR) is 70.2 cm³/mol. The van der Waals surface area contributed by atoms with Gasteiger partial charge in [-0.2, -0.15) is 0 Å². The van der Waals surface area contributed by atoms with Crippen molar-refractivity contribution in [1.29, 1.82) is 0 Å². The SMILES string of the molecule is C/C=C/CC1(C(C)CC)C(=O)NC(=S)NC1=O.[Na+]. The summed E-state index contributed by atoms with van der Waals surface area (Å²) in [5.74, 6) is -0.626. The normalized spacial score (nSPS) is 20.1. The van der Waals surface area contributed by atoms with Gasteiger partial charge in [0, 0.05) is 0 Å². The van der Waals surface area contributed by atoms with E-state index in [1.165, 1.54) is 0 Å². The first kappa shape index (κ1) is 17.8. The van der Waals surface area contributed by atoms with Crippen LogP contribution >= 0.6 is 12.2 Å². The molecule has 2 N–H and O–H groups in total. The first-order valence-corrected chi connectivity index (χ1v) is 6.17. The second-order valence-corrected chi connectivity index (χ2v) is 4.70. The molecule has 1 unspecified atom stereocenters.